The van der Waals surface area contributed by atoms with E-state index < -0.39 is 0 Å². The molecular weight excluding hydrogens is 244 g/mol. The number of ether oxygens (including phenoxy) is 1. The number of hydrogen-bond donors (Lipinski definition) is 1. The molecule has 0 aliphatic rings. The molecule has 1 aromatic heterocycles. The Morgan fingerprint density at radius 1 is 1.29 bits per heavy atom. The minimum absolute atomic E-state index is 0.518. The molecule has 0 atom stereocenters. The molecule has 0 radical (unpaired) electrons. The number of imidazole rings is 1. The van der Waals surface area contributed by atoms with Crippen LogP contribution in [0.25, 0.3) is 0 Å². The number of benzene rings is 1. The van der Waals surface area contributed by atoms with Gasteiger partial charge in [0.25, 0.3) is 6.01 Å². The maximum atomic E-state index is 5.47. The first-order chi connectivity index (χ1) is 6.74. The number of nitrogens with one attached hydrogen (secondary N) is 1. The van der Waals surface area contributed by atoms with Crippen molar-refractivity contribution in [2.24, 2.45) is 0 Å². The van der Waals surface area contributed by atoms with Crippen molar-refractivity contribution in [3.8, 4) is 11.8 Å². The molecule has 14 heavy (non-hydrogen) atoms. The monoisotopic (exact) mass is 252 g/mol. The summed E-state index contributed by atoms with van der Waals surface area (Å²) in [5.41, 5.74) is 0.983. The number of aromatic nitrogens is 2. The van der Waals surface area contributed by atoms with Gasteiger partial charge in [-0.2, -0.15) is 0 Å². The predicted molar refractivity (Wildman–Crippen MR) is 57.5 cm³/mol. The highest BCUT2D eigenvalue weighted by Gasteiger charge is 1.99. The molecule has 3 nitrogen and oxygen atoms in total. The van der Waals surface area contributed by atoms with E-state index in [0.717, 1.165) is 15.9 Å². The third kappa shape index (κ3) is 2.14. The summed E-state index contributed by atoms with van der Waals surface area (Å²) in [5, 5.41) is 0. The van der Waals surface area contributed by atoms with Gasteiger partial charge in [-0.15, -0.1) is 0 Å². The van der Waals surface area contributed by atoms with Crippen molar-refractivity contribution in [3.05, 3.63) is 40.6 Å². The van der Waals surface area contributed by atoms with Gasteiger partial charge in [-0.25, -0.2) is 4.98 Å². The average molecular weight is 253 g/mol. The largest absolute Gasteiger partial charge is 0.426 e. The minimum atomic E-state index is 0.518. The molecule has 1 heterocycles. The molecule has 0 amide bonds. The maximum absolute atomic E-state index is 5.47. The quantitative estimate of drug-likeness (QED) is 0.891. The molecule has 2 rings (SSSR count). The second-order valence-electron chi connectivity index (χ2n) is 2.93. The maximum Gasteiger partial charge on any atom is 0.299 e. The van der Waals surface area contributed by atoms with Crippen LogP contribution >= 0.6 is 15.9 Å². The van der Waals surface area contributed by atoms with E-state index in [4.69, 9.17) is 4.74 Å². The van der Waals surface area contributed by atoms with Crippen LogP contribution in [0.1, 0.15) is 5.69 Å². The molecule has 1 aromatic carbocycles. The Balaban J connectivity index is 2.15. The van der Waals surface area contributed by atoms with Crippen molar-refractivity contribution in [2.75, 3.05) is 0 Å². The topological polar surface area (TPSA) is 37.9 Å². The van der Waals surface area contributed by atoms with Gasteiger partial charge in [-0.1, -0.05) is 15.9 Å². The van der Waals surface area contributed by atoms with E-state index in [2.05, 4.69) is 25.9 Å². The van der Waals surface area contributed by atoms with Crippen molar-refractivity contribution in [2.45, 2.75) is 6.92 Å². The summed E-state index contributed by atoms with van der Waals surface area (Å²) in [6.07, 6.45) is 1.73. The third-order valence-electron chi connectivity index (χ3n) is 1.71. The van der Waals surface area contributed by atoms with Gasteiger partial charge in [0.1, 0.15) is 5.75 Å². The summed E-state index contributed by atoms with van der Waals surface area (Å²) < 4.78 is 6.49. The van der Waals surface area contributed by atoms with Crippen molar-refractivity contribution in [3.63, 3.8) is 0 Å². The fourth-order valence-corrected chi connectivity index (χ4v) is 1.32. The van der Waals surface area contributed by atoms with E-state index in [-0.39, 0.29) is 0 Å². The lowest BCUT2D eigenvalue weighted by molar-refractivity contribution is 0.447. The predicted octanol–water partition coefficient (Wildman–Crippen LogP) is 3.27. The fourth-order valence-electron chi connectivity index (χ4n) is 1.05. The van der Waals surface area contributed by atoms with Gasteiger partial charge in [-0.05, 0) is 31.2 Å². The summed E-state index contributed by atoms with van der Waals surface area (Å²) >= 11 is 3.36. The Morgan fingerprint density at radius 2 is 2.00 bits per heavy atom. The summed E-state index contributed by atoms with van der Waals surface area (Å²) in [7, 11) is 0. The Hall–Kier alpha value is -1.29. The Morgan fingerprint density at radius 3 is 2.57 bits per heavy atom. The van der Waals surface area contributed by atoms with Gasteiger partial charge in [0, 0.05) is 10.2 Å². The molecule has 0 spiro atoms. The normalized spacial score (nSPS) is 10.1. The molecule has 0 saturated carbocycles. The van der Waals surface area contributed by atoms with Gasteiger partial charge < -0.3 is 9.72 Å². The van der Waals surface area contributed by atoms with Crippen LogP contribution in [0, 0.1) is 6.92 Å². The van der Waals surface area contributed by atoms with Gasteiger partial charge in [0.05, 0.1) is 6.20 Å². The van der Waals surface area contributed by atoms with Crippen LogP contribution in [0.15, 0.2) is 34.9 Å². The number of aryl methyl sites for hydroxylation is 1. The Kier molecular flexibility index (Phi) is 2.54. The number of rotatable bonds is 2. The summed E-state index contributed by atoms with van der Waals surface area (Å²) in [5.74, 6) is 0.766. The Labute approximate surface area is 90.3 Å². The van der Waals surface area contributed by atoms with E-state index in [0.29, 0.717) is 6.01 Å². The van der Waals surface area contributed by atoms with Crippen LogP contribution in [0.2, 0.25) is 0 Å². The number of H-pyrrole nitrogens is 1. The van der Waals surface area contributed by atoms with E-state index in [9.17, 15) is 0 Å². The highest BCUT2D eigenvalue weighted by Crippen LogP contribution is 2.20. The van der Waals surface area contributed by atoms with Crippen LogP contribution in [-0.2, 0) is 0 Å². The van der Waals surface area contributed by atoms with Gasteiger partial charge in [-0.3, -0.25) is 0 Å². The molecular formula is C10H9BrN2O. The van der Waals surface area contributed by atoms with Crippen molar-refractivity contribution in [1.82, 2.24) is 9.97 Å². The molecule has 1 N–H and O–H groups in total. The van der Waals surface area contributed by atoms with E-state index in [1.807, 2.05) is 31.2 Å². The number of halogens is 1. The first kappa shape index (κ1) is 9.27. The van der Waals surface area contributed by atoms with Crippen molar-refractivity contribution >= 4 is 15.9 Å². The zero-order chi connectivity index (χ0) is 9.97. The second kappa shape index (κ2) is 3.84. The van der Waals surface area contributed by atoms with E-state index in [1.165, 1.54) is 0 Å². The van der Waals surface area contributed by atoms with Gasteiger partial charge in [0.15, 0.2) is 0 Å². The molecule has 2 aromatic rings. The highest BCUT2D eigenvalue weighted by atomic mass is 79.9. The first-order valence-corrected chi connectivity index (χ1v) is 4.98. The van der Waals surface area contributed by atoms with E-state index >= 15 is 0 Å². The lowest BCUT2D eigenvalue weighted by atomic mass is 10.3. The SMILES string of the molecule is Cc1cnc(Oc2ccc(Br)cc2)[nH]1. The summed E-state index contributed by atoms with van der Waals surface area (Å²) in [6, 6.07) is 8.12. The zero-order valence-corrected chi connectivity index (χ0v) is 9.21. The van der Waals surface area contributed by atoms with Crippen molar-refractivity contribution < 1.29 is 4.74 Å². The molecule has 0 bridgehead atoms. The lowest BCUT2D eigenvalue weighted by Gasteiger charge is -2.00. The minimum Gasteiger partial charge on any atom is -0.426 e. The molecule has 72 valence electrons. The molecule has 0 unspecified atom stereocenters. The van der Waals surface area contributed by atoms with E-state index in [1.54, 1.807) is 6.20 Å². The summed E-state index contributed by atoms with van der Waals surface area (Å²) in [6.45, 7) is 1.93. The molecule has 0 aliphatic carbocycles. The standard InChI is InChI=1S/C10H9BrN2O/c1-7-6-12-10(13-7)14-9-4-2-8(11)3-5-9/h2-6H,1H3,(H,12,13). The average Bonchev–Trinajstić information content (AvgIpc) is 2.56. The second-order valence-corrected chi connectivity index (χ2v) is 3.84. The smallest absolute Gasteiger partial charge is 0.299 e. The molecule has 4 heteroatoms. The third-order valence-corrected chi connectivity index (χ3v) is 2.24. The number of aromatic amines is 1. The molecule has 0 aliphatic heterocycles. The first-order valence-electron chi connectivity index (χ1n) is 4.19. The number of nitrogens with zero attached hydrogens (tertiary/aromatic N) is 1. The van der Waals surface area contributed by atoms with Crippen LogP contribution in [0.4, 0.5) is 0 Å². The van der Waals surface area contributed by atoms with Crippen LogP contribution in [0.3, 0.4) is 0 Å². The van der Waals surface area contributed by atoms with Gasteiger partial charge in [0.2, 0.25) is 0 Å². The van der Waals surface area contributed by atoms with Crippen LogP contribution in [-0.4, -0.2) is 9.97 Å². The highest BCUT2D eigenvalue weighted by molar-refractivity contribution is 9.10. The lowest BCUT2D eigenvalue weighted by Crippen LogP contribution is -1.85. The zero-order valence-electron chi connectivity index (χ0n) is 7.62. The molecule has 0 saturated heterocycles. The Bertz CT molecular complexity index is 422. The van der Waals surface area contributed by atoms with Crippen LogP contribution in [0.5, 0.6) is 11.8 Å². The fraction of sp³-hybridized carbons (Fsp3) is 0.100. The number of hydrogen-bond acceptors (Lipinski definition) is 2. The van der Waals surface area contributed by atoms with Gasteiger partial charge >= 0.3 is 0 Å². The van der Waals surface area contributed by atoms with Crippen LogP contribution < -0.4 is 4.74 Å². The van der Waals surface area contributed by atoms with Crippen molar-refractivity contribution in [1.29, 1.82) is 0 Å². The molecule has 0 fully saturated rings. The summed E-state index contributed by atoms with van der Waals surface area (Å²) in [4.78, 5) is 7.04.